The zero-order chi connectivity index (χ0) is 18.5. The van der Waals surface area contributed by atoms with Crippen LogP contribution in [0.4, 0.5) is 0 Å². The second kappa shape index (κ2) is 7.88. The molecule has 0 unspecified atom stereocenters. The number of ether oxygens (including phenoxy) is 2. The van der Waals surface area contributed by atoms with Gasteiger partial charge in [-0.15, -0.1) is 5.10 Å². The number of aryl methyl sites for hydroxylation is 1. The molecule has 134 valence electrons. The Morgan fingerprint density at radius 3 is 2.73 bits per heavy atom. The van der Waals surface area contributed by atoms with Crippen LogP contribution in [-0.2, 0) is 11.8 Å². The van der Waals surface area contributed by atoms with Crippen LogP contribution in [0.1, 0.15) is 5.56 Å². The first kappa shape index (κ1) is 17.8. The van der Waals surface area contributed by atoms with E-state index in [9.17, 15) is 4.79 Å². The van der Waals surface area contributed by atoms with E-state index in [0.717, 1.165) is 15.8 Å². The van der Waals surface area contributed by atoms with Crippen LogP contribution < -0.4 is 19.7 Å². The molecule has 1 aromatic heterocycles. The van der Waals surface area contributed by atoms with Gasteiger partial charge < -0.3 is 14.0 Å². The first-order valence-electron chi connectivity index (χ1n) is 7.90. The zero-order valence-corrected chi connectivity index (χ0v) is 15.5. The lowest BCUT2D eigenvalue weighted by atomic mass is 10.1. The number of nitrogens with one attached hydrogen (secondary N) is 1. The van der Waals surface area contributed by atoms with Crippen LogP contribution in [0.15, 0.2) is 53.6 Å². The number of rotatable bonds is 5. The monoisotopic (exact) mass is 369 g/mol. The summed E-state index contributed by atoms with van der Waals surface area (Å²) in [5.41, 5.74) is 4.37. The number of nitrogens with zero attached hydrogens (tertiary/aromatic N) is 2. The van der Waals surface area contributed by atoms with Gasteiger partial charge in [-0.1, -0.05) is 23.5 Å². The van der Waals surface area contributed by atoms with E-state index in [1.807, 2.05) is 35.9 Å². The second-order valence-corrected chi connectivity index (χ2v) is 6.45. The third-order valence-electron chi connectivity index (χ3n) is 3.83. The van der Waals surface area contributed by atoms with Gasteiger partial charge in [-0.2, -0.15) is 0 Å². The number of carbonyl (C=O) groups excluding carboxylic acids is 1. The number of amides is 1. The molecule has 0 atom stereocenters. The summed E-state index contributed by atoms with van der Waals surface area (Å²) in [6.07, 6.45) is 3.07. The first-order chi connectivity index (χ1) is 12.6. The van der Waals surface area contributed by atoms with Gasteiger partial charge in [0.25, 0.3) is 5.91 Å². The minimum atomic E-state index is -0.327. The van der Waals surface area contributed by atoms with Crippen molar-refractivity contribution in [1.29, 1.82) is 0 Å². The highest BCUT2D eigenvalue weighted by Gasteiger charge is 2.04. The number of para-hydroxylation sites is 1. The highest BCUT2D eigenvalue weighted by molar-refractivity contribution is 7.16. The predicted molar refractivity (Wildman–Crippen MR) is 103 cm³/mol. The van der Waals surface area contributed by atoms with E-state index < -0.39 is 0 Å². The molecular weight excluding hydrogens is 350 g/mol. The van der Waals surface area contributed by atoms with Crippen LogP contribution in [-0.4, -0.2) is 24.7 Å². The average molecular weight is 369 g/mol. The molecule has 3 aromatic rings. The zero-order valence-electron chi connectivity index (χ0n) is 14.7. The molecule has 7 heteroatoms. The Labute approximate surface area is 155 Å². The van der Waals surface area contributed by atoms with Crippen LogP contribution in [0, 0.1) is 0 Å². The van der Waals surface area contributed by atoms with E-state index >= 15 is 0 Å². The summed E-state index contributed by atoms with van der Waals surface area (Å²) < 4.78 is 13.5. The molecule has 2 aromatic carbocycles. The molecular formula is C19H19N3O3S. The van der Waals surface area contributed by atoms with E-state index in [1.165, 1.54) is 17.4 Å². The lowest BCUT2D eigenvalue weighted by molar-refractivity contribution is -0.116. The number of hydrogen-bond acceptors (Lipinski definition) is 5. The molecule has 26 heavy (non-hydrogen) atoms. The van der Waals surface area contributed by atoms with E-state index in [4.69, 9.17) is 9.47 Å². The Hall–Kier alpha value is -3.06. The maximum absolute atomic E-state index is 12.1. The highest BCUT2D eigenvalue weighted by Crippen LogP contribution is 2.25. The summed E-state index contributed by atoms with van der Waals surface area (Å²) in [4.78, 5) is 12.8. The Morgan fingerprint density at radius 1 is 1.19 bits per heavy atom. The summed E-state index contributed by atoms with van der Waals surface area (Å²) in [6, 6.07) is 13.4. The van der Waals surface area contributed by atoms with Crippen molar-refractivity contribution < 1.29 is 14.3 Å². The molecule has 1 amide bonds. The number of carbonyl (C=O) groups is 1. The standard InChI is InChI=1S/C19H19N3O3S/c1-22-15-6-4-5-7-17(15)26-19(22)21-20-18(23)11-8-13-12-14(24-2)9-10-16(13)25-3/h4-12H,1-3H3,(H,20,23)/b11-8+,21-19+. The van der Waals surface area contributed by atoms with Gasteiger partial charge in [-0.25, -0.2) is 5.43 Å². The Morgan fingerprint density at radius 2 is 2.00 bits per heavy atom. The average Bonchev–Trinajstić information content (AvgIpc) is 3.00. The molecule has 0 bridgehead atoms. The first-order valence-corrected chi connectivity index (χ1v) is 8.72. The summed E-state index contributed by atoms with van der Waals surface area (Å²) >= 11 is 1.51. The molecule has 0 radical (unpaired) electrons. The van der Waals surface area contributed by atoms with Crippen molar-refractivity contribution in [1.82, 2.24) is 9.99 Å². The van der Waals surface area contributed by atoms with E-state index in [0.29, 0.717) is 16.3 Å². The molecule has 3 rings (SSSR count). The van der Waals surface area contributed by atoms with Crippen molar-refractivity contribution in [3.8, 4) is 11.5 Å². The van der Waals surface area contributed by atoms with Crippen molar-refractivity contribution >= 4 is 33.5 Å². The normalized spacial score (nSPS) is 11.9. The van der Waals surface area contributed by atoms with Crippen molar-refractivity contribution in [2.75, 3.05) is 14.2 Å². The van der Waals surface area contributed by atoms with E-state index in [-0.39, 0.29) is 5.91 Å². The minimum absolute atomic E-state index is 0.327. The number of methoxy groups -OCH3 is 2. The topological polar surface area (TPSA) is 64.8 Å². The third-order valence-corrected chi connectivity index (χ3v) is 4.94. The van der Waals surface area contributed by atoms with Gasteiger partial charge in [0.05, 0.1) is 24.4 Å². The van der Waals surface area contributed by atoms with Gasteiger partial charge in [-0.3, -0.25) is 4.79 Å². The molecule has 1 heterocycles. The number of fused-ring (bicyclic) bond motifs is 1. The summed E-state index contributed by atoms with van der Waals surface area (Å²) in [7, 11) is 5.09. The molecule has 0 aliphatic carbocycles. The Kier molecular flexibility index (Phi) is 5.38. The molecule has 0 saturated carbocycles. The van der Waals surface area contributed by atoms with Crippen molar-refractivity contribution in [3.05, 3.63) is 58.9 Å². The number of hydrogen-bond donors (Lipinski definition) is 1. The van der Waals surface area contributed by atoms with E-state index in [1.54, 1.807) is 38.5 Å². The fraction of sp³-hybridized carbons (Fsp3) is 0.158. The molecule has 0 saturated heterocycles. The Balaban J connectivity index is 1.78. The fourth-order valence-corrected chi connectivity index (χ4v) is 3.44. The van der Waals surface area contributed by atoms with E-state index in [2.05, 4.69) is 10.5 Å². The molecule has 0 spiro atoms. The van der Waals surface area contributed by atoms with Gasteiger partial charge in [0.1, 0.15) is 11.5 Å². The van der Waals surface area contributed by atoms with Gasteiger partial charge in [0.2, 0.25) is 4.80 Å². The SMILES string of the molecule is COc1ccc(OC)c(/C=C/C(=O)N/N=c2/sc3ccccc3n2C)c1. The highest BCUT2D eigenvalue weighted by atomic mass is 32.1. The van der Waals surface area contributed by atoms with Crippen LogP contribution in [0.5, 0.6) is 11.5 Å². The summed E-state index contributed by atoms with van der Waals surface area (Å²) in [5, 5.41) is 4.21. The number of thiazole rings is 1. The maximum Gasteiger partial charge on any atom is 0.264 e. The van der Waals surface area contributed by atoms with Crippen LogP contribution in [0.3, 0.4) is 0 Å². The summed E-state index contributed by atoms with van der Waals surface area (Å²) in [6.45, 7) is 0. The van der Waals surface area contributed by atoms with Gasteiger partial charge in [-0.05, 0) is 36.4 Å². The van der Waals surface area contributed by atoms with Crippen molar-refractivity contribution in [2.24, 2.45) is 12.1 Å². The number of aromatic nitrogens is 1. The van der Waals surface area contributed by atoms with Gasteiger partial charge >= 0.3 is 0 Å². The van der Waals surface area contributed by atoms with Crippen LogP contribution in [0.25, 0.3) is 16.3 Å². The number of benzene rings is 2. The molecule has 0 fully saturated rings. The smallest absolute Gasteiger partial charge is 0.264 e. The van der Waals surface area contributed by atoms with Gasteiger partial charge in [0, 0.05) is 18.7 Å². The quantitative estimate of drug-likeness (QED) is 0.556. The lowest BCUT2D eigenvalue weighted by Gasteiger charge is -2.06. The second-order valence-electron chi connectivity index (χ2n) is 5.44. The third kappa shape index (κ3) is 3.78. The predicted octanol–water partition coefficient (Wildman–Crippen LogP) is 2.90. The summed E-state index contributed by atoms with van der Waals surface area (Å²) in [5.74, 6) is 1.02. The molecule has 6 nitrogen and oxygen atoms in total. The van der Waals surface area contributed by atoms with Gasteiger partial charge in [0.15, 0.2) is 0 Å². The van der Waals surface area contributed by atoms with Crippen molar-refractivity contribution in [3.63, 3.8) is 0 Å². The molecule has 0 aliphatic heterocycles. The van der Waals surface area contributed by atoms with Crippen molar-refractivity contribution in [2.45, 2.75) is 0 Å². The van der Waals surface area contributed by atoms with Crippen LogP contribution >= 0.6 is 11.3 Å². The molecule has 1 N–H and O–H groups in total. The van der Waals surface area contributed by atoms with Crippen LogP contribution in [0.2, 0.25) is 0 Å². The Bertz CT molecular complexity index is 1030. The largest absolute Gasteiger partial charge is 0.497 e. The minimum Gasteiger partial charge on any atom is -0.497 e. The fourth-order valence-electron chi connectivity index (χ4n) is 2.46. The molecule has 0 aliphatic rings. The lowest BCUT2D eigenvalue weighted by Crippen LogP contribution is -2.21. The maximum atomic E-state index is 12.1.